The molecule has 1 aromatic heterocycles. The van der Waals surface area contributed by atoms with Crippen LogP contribution in [0.5, 0.6) is 5.75 Å². The van der Waals surface area contributed by atoms with Gasteiger partial charge in [0.15, 0.2) is 0 Å². The van der Waals surface area contributed by atoms with Gasteiger partial charge in [-0.2, -0.15) is 0 Å². The fourth-order valence-electron chi connectivity index (χ4n) is 4.11. The number of ether oxygens (including phenoxy) is 1. The molecule has 2 aliphatic heterocycles. The van der Waals surface area contributed by atoms with Gasteiger partial charge in [-0.25, -0.2) is 23.2 Å². The highest BCUT2D eigenvalue weighted by atomic mass is 35.7. The summed E-state index contributed by atoms with van der Waals surface area (Å²) in [6.07, 6.45) is 5.05. The largest absolute Gasteiger partial charge is 0.497 e. The fraction of sp³-hybridized carbons (Fsp3) is 0.500. The van der Waals surface area contributed by atoms with E-state index < -0.39 is 10.2 Å². The first kappa shape index (κ1) is 19.1. The molecule has 1 atom stereocenters. The molecule has 4 rings (SSSR count). The second-order valence-corrected chi connectivity index (χ2v) is 7.39. The molecule has 0 saturated carbocycles. The van der Waals surface area contributed by atoms with Crippen LogP contribution in [0.2, 0.25) is 0 Å². The Kier molecular flexibility index (Phi) is 5.55. The molecule has 142 valence electrons. The molecule has 1 N–H and O–H groups in total. The fourth-order valence-corrected chi connectivity index (χ4v) is 4.11. The summed E-state index contributed by atoms with van der Waals surface area (Å²) >= 11 is 0. The SMILES string of the molecule is CCC1CCC[N+]2=C1c1[nH]c3ccc(OC)cc3c1CC2.[O-][Cl+3]([O-])([O-])[O-]. The topological polar surface area (TPSA) is 120 Å². The number of hydrogen-bond donors (Lipinski definition) is 1. The van der Waals surface area contributed by atoms with Crippen LogP contribution in [0.4, 0.5) is 0 Å². The number of benzene rings is 1. The highest BCUT2D eigenvalue weighted by molar-refractivity contribution is 6.04. The number of aromatic nitrogens is 1. The number of rotatable bonds is 2. The molecule has 0 amide bonds. The lowest BCUT2D eigenvalue weighted by Crippen LogP contribution is -2.68. The lowest BCUT2D eigenvalue weighted by molar-refractivity contribution is -2.00. The van der Waals surface area contributed by atoms with Crippen LogP contribution in [0, 0.1) is 16.2 Å². The number of hydrogen-bond acceptors (Lipinski definition) is 5. The van der Waals surface area contributed by atoms with Gasteiger partial charge in [-0.3, -0.25) is 0 Å². The van der Waals surface area contributed by atoms with Crippen LogP contribution in [0.3, 0.4) is 0 Å². The highest BCUT2D eigenvalue weighted by Gasteiger charge is 2.36. The van der Waals surface area contributed by atoms with Crippen molar-refractivity contribution in [2.75, 3.05) is 20.2 Å². The molecule has 2 aliphatic rings. The first-order chi connectivity index (χ1) is 12.3. The third-order valence-electron chi connectivity index (χ3n) is 5.20. The third-order valence-corrected chi connectivity index (χ3v) is 5.20. The van der Waals surface area contributed by atoms with Gasteiger partial charge in [0, 0.05) is 29.7 Å². The van der Waals surface area contributed by atoms with Crippen LogP contribution in [-0.4, -0.2) is 35.5 Å². The Balaban J connectivity index is 0.000000349. The Bertz CT molecular complexity index is 819. The summed E-state index contributed by atoms with van der Waals surface area (Å²) in [6.45, 7) is 4.72. The summed E-state index contributed by atoms with van der Waals surface area (Å²) in [7, 11) is -3.20. The van der Waals surface area contributed by atoms with Gasteiger partial charge in [-0.1, -0.05) is 6.92 Å². The molecule has 0 spiro atoms. The molecule has 0 bridgehead atoms. The van der Waals surface area contributed by atoms with Crippen molar-refractivity contribution in [1.29, 1.82) is 0 Å². The van der Waals surface area contributed by atoms with E-state index in [1.165, 1.54) is 54.5 Å². The molecule has 7 nitrogen and oxygen atoms in total. The minimum Gasteiger partial charge on any atom is -0.497 e. The maximum atomic E-state index is 8.49. The molecular formula is C18H23ClN2O5. The highest BCUT2D eigenvalue weighted by Crippen LogP contribution is 2.33. The Morgan fingerprint density at radius 3 is 2.62 bits per heavy atom. The van der Waals surface area contributed by atoms with Crippen molar-refractivity contribution in [2.45, 2.75) is 32.6 Å². The standard InChI is InChI=1S/C18H22N2O.ClHO4/c1-3-12-5-4-9-20-10-8-14-15-11-13(21-2)6-7-16(15)19-17(14)18(12)20;2-1(3,4)5/h6-7,11-12H,3-5,8-10H2,1-2H3;(H,2,3,4,5). The normalized spacial score (nSPS) is 19.5. The minimum absolute atomic E-state index is 0.716. The van der Waals surface area contributed by atoms with Gasteiger partial charge in [0.25, 0.3) is 0 Å². The number of fused-ring (bicyclic) bond motifs is 4. The van der Waals surface area contributed by atoms with Crippen molar-refractivity contribution in [3.8, 4) is 5.75 Å². The van der Waals surface area contributed by atoms with Gasteiger partial charge in [-0.15, -0.1) is 10.2 Å². The van der Waals surface area contributed by atoms with Gasteiger partial charge in [0.1, 0.15) is 24.5 Å². The molecule has 0 radical (unpaired) electrons. The van der Waals surface area contributed by atoms with Gasteiger partial charge in [0.05, 0.1) is 7.11 Å². The second kappa shape index (κ2) is 7.54. The number of aromatic amines is 1. The summed E-state index contributed by atoms with van der Waals surface area (Å²) in [4.78, 5) is 3.70. The van der Waals surface area contributed by atoms with Crippen molar-refractivity contribution < 1.29 is 38.2 Å². The Morgan fingerprint density at radius 2 is 1.96 bits per heavy atom. The van der Waals surface area contributed by atoms with Crippen LogP contribution >= 0.6 is 0 Å². The van der Waals surface area contributed by atoms with Crippen LogP contribution in [0.25, 0.3) is 10.9 Å². The monoisotopic (exact) mass is 382 g/mol. The Labute approximate surface area is 154 Å². The number of halogens is 1. The van der Waals surface area contributed by atoms with Crippen molar-refractivity contribution in [1.82, 2.24) is 4.98 Å². The molecular weight excluding hydrogens is 360 g/mol. The average molecular weight is 383 g/mol. The molecule has 1 unspecified atom stereocenters. The first-order valence-electron chi connectivity index (χ1n) is 8.74. The van der Waals surface area contributed by atoms with Crippen LogP contribution in [0.1, 0.15) is 37.4 Å². The number of nitrogens with one attached hydrogen (secondary N) is 1. The van der Waals surface area contributed by atoms with E-state index in [9.17, 15) is 0 Å². The zero-order chi connectivity index (χ0) is 18.9. The Morgan fingerprint density at radius 1 is 1.23 bits per heavy atom. The molecule has 0 aliphatic carbocycles. The van der Waals surface area contributed by atoms with E-state index in [4.69, 9.17) is 23.4 Å². The van der Waals surface area contributed by atoms with Crippen molar-refractivity contribution in [3.05, 3.63) is 29.5 Å². The lowest BCUT2D eigenvalue weighted by atomic mass is 9.85. The minimum atomic E-state index is -4.94. The zero-order valence-electron chi connectivity index (χ0n) is 14.9. The van der Waals surface area contributed by atoms with E-state index in [-0.39, 0.29) is 0 Å². The molecule has 1 aromatic carbocycles. The summed E-state index contributed by atoms with van der Waals surface area (Å²) in [5.74, 6) is 1.67. The quantitative estimate of drug-likeness (QED) is 0.640. The molecule has 0 saturated heterocycles. The van der Waals surface area contributed by atoms with E-state index in [0.29, 0.717) is 5.92 Å². The summed E-state index contributed by atoms with van der Waals surface area (Å²) < 4.78 is 42.0. The molecule has 26 heavy (non-hydrogen) atoms. The van der Waals surface area contributed by atoms with Crippen molar-refractivity contribution in [2.24, 2.45) is 5.92 Å². The number of nitrogens with zero attached hydrogens (tertiary/aromatic N) is 1. The smallest absolute Gasteiger partial charge is 0.203 e. The van der Waals surface area contributed by atoms with Crippen molar-refractivity contribution >= 4 is 16.6 Å². The van der Waals surface area contributed by atoms with Crippen LogP contribution in [0.15, 0.2) is 18.2 Å². The van der Waals surface area contributed by atoms with E-state index in [1.807, 2.05) is 6.07 Å². The lowest BCUT2D eigenvalue weighted by Gasteiger charge is -2.25. The Hall–Kier alpha value is -1.64. The molecule has 8 heteroatoms. The first-order valence-corrected chi connectivity index (χ1v) is 9.97. The van der Waals surface area contributed by atoms with Crippen LogP contribution in [-0.2, 0) is 6.42 Å². The second-order valence-electron chi connectivity index (χ2n) is 6.64. The van der Waals surface area contributed by atoms with Crippen molar-refractivity contribution in [3.63, 3.8) is 0 Å². The van der Waals surface area contributed by atoms with Gasteiger partial charge in [-0.05, 0) is 36.6 Å². The predicted molar refractivity (Wildman–Crippen MR) is 85.7 cm³/mol. The number of H-pyrrole nitrogens is 1. The van der Waals surface area contributed by atoms with Gasteiger partial charge in [0.2, 0.25) is 5.71 Å². The van der Waals surface area contributed by atoms with Gasteiger partial charge >= 0.3 is 0 Å². The summed E-state index contributed by atoms with van der Waals surface area (Å²) in [6, 6.07) is 6.39. The predicted octanol–water partition coefficient (Wildman–Crippen LogP) is -1.40. The van der Waals surface area contributed by atoms with E-state index in [0.717, 1.165) is 12.2 Å². The maximum Gasteiger partial charge on any atom is 0.203 e. The van der Waals surface area contributed by atoms with E-state index in [2.05, 4.69) is 28.6 Å². The summed E-state index contributed by atoms with van der Waals surface area (Å²) in [5, 5.41) is 1.34. The zero-order valence-corrected chi connectivity index (χ0v) is 15.7. The molecule has 2 aromatic rings. The van der Waals surface area contributed by atoms with E-state index in [1.54, 1.807) is 12.8 Å². The molecule has 3 heterocycles. The summed E-state index contributed by atoms with van der Waals surface area (Å²) in [5.41, 5.74) is 5.71. The van der Waals surface area contributed by atoms with Gasteiger partial charge < -0.3 is 9.72 Å². The maximum absolute atomic E-state index is 8.49. The third kappa shape index (κ3) is 4.02. The number of methoxy groups -OCH3 is 1. The van der Waals surface area contributed by atoms with Crippen LogP contribution < -0.4 is 23.4 Å². The average Bonchev–Trinajstić information content (AvgIpc) is 2.97. The van der Waals surface area contributed by atoms with E-state index >= 15 is 0 Å². The molecule has 0 fully saturated rings.